The van der Waals surface area contributed by atoms with Gasteiger partial charge >= 0.3 is 5.97 Å². The smallest absolute Gasteiger partial charge is 0.308 e. The SMILES string of the molecule is O=C(O)C1CCC1N1CCOC2CCCC21. The molecule has 4 nitrogen and oxygen atoms in total. The number of carboxylic acid groups (broad SMARTS) is 1. The number of aliphatic carboxylic acids is 1. The molecule has 1 saturated heterocycles. The number of rotatable bonds is 2. The molecule has 1 aliphatic heterocycles. The van der Waals surface area contributed by atoms with Gasteiger partial charge in [0.05, 0.1) is 18.6 Å². The van der Waals surface area contributed by atoms with Crippen LogP contribution in [0, 0.1) is 5.92 Å². The lowest BCUT2D eigenvalue weighted by atomic mass is 9.77. The Morgan fingerprint density at radius 2 is 2.06 bits per heavy atom. The highest BCUT2D eigenvalue weighted by Crippen LogP contribution is 2.39. The summed E-state index contributed by atoms with van der Waals surface area (Å²) in [6.07, 6.45) is 5.87. The van der Waals surface area contributed by atoms with E-state index in [-0.39, 0.29) is 12.0 Å². The highest BCUT2D eigenvalue weighted by Gasteiger charge is 2.46. The summed E-state index contributed by atoms with van der Waals surface area (Å²) < 4.78 is 5.76. The van der Waals surface area contributed by atoms with Gasteiger partial charge in [0.25, 0.3) is 0 Å². The van der Waals surface area contributed by atoms with Crippen LogP contribution in [0.25, 0.3) is 0 Å². The Balaban J connectivity index is 1.71. The van der Waals surface area contributed by atoms with Crippen molar-refractivity contribution in [1.82, 2.24) is 4.90 Å². The molecule has 3 rings (SSSR count). The Morgan fingerprint density at radius 1 is 1.19 bits per heavy atom. The van der Waals surface area contributed by atoms with E-state index in [9.17, 15) is 4.79 Å². The van der Waals surface area contributed by atoms with Gasteiger partial charge in [-0.1, -0.05) is 0 Å². The van der Waals surface area contributed by atoms with Crippen molar-refractivity contribution in [3.8, 4) is 0 Å². The fraction of sp³-hybridized carbons (Fsp3) is 0.917. The molecule has 0 bridgehead atoms. The Labute approximate surface area is 95.6 Å². The van der Waals surface area contributed by atoms with Crippen LogP contribution in [0.2, 0.25) is 0 Å². The lowest BCUT2D eigenvalue weighted by Crippen LogP contribution is -2.59. The lowest BCUT2D eigenvalue weighted by Gasteiger charge is -2.48. The van der Waals surface area contributed by atoms with Crippen molar-refractivity contribution in [1.29, 1.82) is 0 Å². The van der Waals surface area contributed by atoms with Crippen molar-refractivity contribution in [3.05, 3.63) is 0 Å². The summed E-state index contributed by atoms with van der Waals surface area (Å²) in [5.41, 5.74) is 0. The van der Waals surface area contributed by atoms with E-state index in [4.69, 9.17) is 9.84 Å². The molecule has 0 radical (unpaired) electrons. The first-order chi connectivity index (χ1) is 7.77. The highest BCUT2D eigenvalue weighted by molar-refractivity contribution is 5.72. The number of ether oxygens (including phenoxy) is 1. The maximum absolute atomic E-state index is 11.1. The van der Waals surface area contributed by atoms with Gasteiger partial charge in [0.15, 0.2) is 0 Å². The minimum absolute atomic E-state index is 0.126. The van der Waals surface area contributed by atoms with E-state index in [2.05, 4.69) is 4.90 Å². The summed E-state index contributed by atoms with van der Waals surface area (Å²) in [4.78, 5) is 13.5. The zero-order chi connectivity index (χ0) is 11.1. The summed E-state index contributed by atoms with van der Waals surface area (Å²) in [5, 5.41) is 9.12. The van der Waals surface area contributed by atoms with E-state index in [1.165, 1.54) is 12.8 Å². The number of carboxylic acids is 1. The number of morpholine rings is 1. The third-order valence-corrected chi connectivity index (χ3v) is 4.51. The molecule has 4 atom stereocenters. The van der Waals surface area contributed by atoms with E-state index in [0.717, 1.165) is 32.4 Å². The molecule has 3 fully saturated rings. The molecular formula is C12H19NO3. The highest BCUT2D eigenvalue weighted by atomic mass is 16.5. The van der Waals surface area contributed by atoms with Crippen LogP contribution < -0.4 is 0 Å². The van der Waals surface area contributed by atoms with Crippen molar-refractivity contribution < 1.29 is 14.6 Å². The largest absolute Gasteiger partial charge is 0.481 e. The third-order valence-electron chi connectivity index (χ3n) is 4.51. The number of hydrogen-bond acceptors (Lipinski definition) is 3. The van der Waals surface area contributed by atoms with Gasteiger partial charge in [-0.2, -0.15) is 0 Å². The molecule has 0 spiro atoms. The third kappa shape index (κ3) is 1.55. The predicted molar refractivity (Wildman–Crippen MR) is 58.2 cm³/mol. The average Bonchev–Trinajstić information content (AvgIpc) is 2.63. The maximum Gasteiger partial charge on any atom is 0.308 e. The molecule has 16 heavy (non-hydrogen) atoms. The summed E-state index contributed by atoms with van der Waals surface area (Å²) in [6.45, 7) is 1.71. The van der Waals surface area contributed by atoms with Gasteiger partial charge in [0.1, 0.15) is 0 Å². The van der Waals surface area contributed by atoms with Crippen LogP contribution >= 0.6 is 0 Å². The monoisotopic (exact) mass is 225 g/mol. The van der Waals surface area contributed by atoms with Crippen molar-refractivity contribution in [2.24, 2.45) is 5.92 Å². The molecule has 0 aromatic rings. The second kappa shape index (κ2) is 4.00. The summed E-state index contributed by atoms with van der Waals surface area (Å²) in [7, 11) is 0. The first-order valence-corrected chi connectivity index (χ1v) is 6.37. The molecule has 0 aromatic heterocycles. The van der Waals surface area contributed by atoms with Crippen molar-refractivity contribution in [3.63, 3.8) is 0 Å². The predicted octanol–water partition coefficient (Wildman–Crippen LogP) is 1.10. The number of carbonyl (C=O) groups is 1. The summed E-state index contributed by atoms with van der Waals surface area (Å²) in [6, 6.07) is 0.785. The molecule has 0 amide bonds. The van der Waals surface area contributed by atoms with E-state index >= 15 is 0 Å². The second-order valence-electron chi connectivity index (χ2n) is 5.23. The minimum atomic E-state index is -0.614. The zero-order valence-corrected chi connectivity index (χ0v) is 9.47. The molecule has 2 aliphatic carbocycles. The van der Waals surface area contributed by atoms with E-state index in [0.29, 0.717) is 12.1 Å². The molecule has 90 valence electrons. The van der Waals surface area contributed by atoms with E-state index < -0.39 is 5.97 Å². The molecular weight excluding hydrogens is 206 g/mol. The molecule has 0 aromatic carbocycles. The second-order valence-corrected chi connectivity index (χ2v) is 5.23. The number of nitrogens with zero attached hydrogens (tertiary/aromatic N) is 1. The Bertz CT molecular complexity index is 294. The summed E-state index contributed by atoms with van der Waals surface area (Å²) >= 11 is 0. The van der Waals surface area contributed by atoms with Crippen LogP contribution in [-0.2, 0) is 9.53 Å². The normalized spacial score (nSPS) is 43.8. The Kier molecular flexibility index (Phi) is 2.64. The van der Waals surface area contributed by atoms with E-state index in [1.54, 1.807) is 0 Å². The van der Waals surface area contributed by atoms with Crippen LogP contribution in [0.15, 0.2) is 0 Å². The molecule has 1 N–H and O–H groups in total. The Hall–Kier alpha value is -0.610. The van der Waals surface area contributed by atoms with Crippen molar-refractivity contribution >= 4 is 5.97 Å². The van der Waals surface area contributed by atoms with Gasteiger partial charge < -0.3 is 9.84 Å². The maximum atomic E-state index is 11.1. The molecule has 1 heterocycles. The summed E-state index contributed by atoms with van der Waals surface area (Å²) in [5.74, 6) is -0.739. The van der Waals surface area contributed by atoms with Crippen LogP contribution in [-0.4, -0.2) is 47.3 Å². The number of hydrogen-bond donors (Lipinski definition) is 1. The topological polar surface area (TPSA) is 49.8 Å². The fourth-order valence-corrected chi connectivity index (χ4v) is 3.53. The first-order valence-electron chi connectivity index (χ1n) is 6.37. The average molecular weight is 225 g/mol. The van der Waals surface area contributed by atoms with E-state index in [1.807, 2.05) is 0 Å². The molecule has 4 heteroatoms. The van der Waals surface area contributed by atoms with Gasteiger partial charge in [-0.15, -0.1) is 0 Å². The van der Waals surface area contributed by atoms with Gasteiger partial charge in [0.2, 0.25) is 0 Å². The lowest BCUT2D eigenvalue weighted by molar-refractivity contribution is -0.155. The van der Waals surface area contributed by atoms with Crippen LogP contribution in [0.1, 0.15) is 32.1 Å². The standard InChI is InChI=1S/C12H19NO3/c14-12(15)8-4-5-9(8)13-6-7-16-11-3-1-2-10(11)13/h8-11H,1-7H2,(H,14,15). The minimum Gasteiger partial charge on any atom is -0.481 e. The number of fused-ring (bicyclic) bond motifs is 1. The van der Waals surface area contributed by atoms with Crippen molar-refractivity contribution in [2.45, 2.75) is 50.3 Å². The zero-order valence-electron chi connectivity index (χ0n) is 9.47. The van der Waals surface area contributed by atoms with Gasteiger partial charge in [0, 0.05) is 18.6 Å². The van der Waals surface area contributed by atoms with Crippen LogP contribution in [0.3, 0.4) is 0 Å². The molecule has 3 aliphatic rings. The molecule has 2 saturated carbocycles. The fourth-order valence-electron chi connectivity index (χ4n) is 3.53. The van der Waals surface area contributed by atoms with Gasteiger partial charge in [-0.3, -0.25) is 9.69 Å². The van der Waals surface area contributed by atoms with Crippen LogP contribution in [0.5, 0.6) is 0 Å². The quantitative estimate of drug-likeness (QED) is 0.764. The molecule has 4 unspecified atom stereocenters. The van der Waals surface area contributed by atoms with Gasteiger partial charge in [-0.25, -0.2) is 0 Å². The first kappa shape index (κ1) is 10.5. The van der Waals surface area contributed by atoms with Crippen LogP contribution in [0.4, 0.5) is 0 Å². The van der Waals surface area contributed by atoms with Gasteiger partial charge in [-0.05, 0) is 32.1 Å². The van der Waals surface area contributed by atoms with Crippen molar-refractivity contribution in [2.75, 3.05) is 13.2 Å². The Morgan fingerprint density at radius 3 is 2.75 bits per heavy atom.